The van der Waals surface area contributed by atoms with Crippen LogP contribution in [0.3, 0.4) is 0 Å². The number of benzene rings is 1. The lowest BCUT2D eigenvalue weighted by molar-refractivity contribution is 0.254. The van der Waals surface area contributed by atoms with E-state index >= 15 is 0 Å². The second-order valence-corrected chi connectivity index (χ2v) is 5.92. The van der Waals surface area contributed by atoms with Gasteiger partial charge < -0.3 is 15.0 Å². The first-order chi connectivity index (χ1) is 10.3. The van der Waals surface area contributed by atoms with Crippen molar-refractivity contribution in [2.45, 2.75) is 12.3 Å². The molecule has 0 saturated heterocycles. The lowest BCUT2D eigenvalue weighted by Gasteiger charge is -2.22. The van der Waals surface area contributed by atoms with Crippen molar-refractivity contribution in [1.82, 2.24) is 10.1 Å². The second-order valence-electron chi connectivity index (χ2n) is 4.98. The summed E-state index contributed by atoms with van der Waals surface area (Å²) in [6.45, 7) is 0.565. The molecule has 0 saturated carbocycles. The number of aromatic nitrogens is 2. The standard InChI is InChI=1S/C15H13N3O2S/c16-13-11(5-6-21-13)15-17-14(18-20-15)10-7-9-3-1-2-4-12(9)19-8-10/h1-6,10H,7-8,16H2. The van der Waals surface area contributed by atoms with Crippen LogP contribution in [0.15, 0.2) is 40.2 Å². The number of ether oxygens (including phenoxy) is 1. The van der Waals surface area contributed by atoms with Crippen LogP contribution in [0.4, 0.5) is 5.00 Å². The summed E-state index contributed by atoms with van der Waals surface area (Å²) < 4.78 is 11.1. The molecule has 4 rings (SSSR count). The summed E-state index contributed by atoms with van der Waals surface area (Å²) in [4.78, 5) is 4.48. The third kappa shape index (κ3) is 2.17. The van der Waals surface area contributed by atoms with Crippen molar-refractivity contribution < 1.29 is 9.26 Å². The zero-order valence-corrected chi connectivity index (χ0v) is 12.0. The van der Waals surface area contributed by atoms with Gasteiger partial charge in [0.1, 0.15) is 5.75 Å². The molecular weight excluding hydrogens is 286 g/mol. The van der Waals surface area contributed by atoms with Crippen LogP contribution in [-0.4, -0.2) is 16.7 Å². The molecule has 5 nitrogen and oxygen atoms in total. The van der Waals surface area contributed by atoms with E-state index in [2.05, 4.69) is 16.2 Å². The van der Waals surface area contributed by atoms with E-state index < -0.39 is 0 Å². The molecule has 0 radical (unpaired) electrons. The molecule has 2 aromatic heterocycles. The highest BCUT2D eigenvalue weighted by molar-refractivity contribution is 7.14. The minimum atomic E-state index is 0.109. The van der Waals surface area contributed by atoms with E-state index in [1.165, 1.54) is 16.9 Å². The zero-order chi connectivity index (χ0) is 14.2. The smallest absolute Gasteiger partial charge is 0.260 e. The highest BCUT2D eigenvalue weighted by Gasteiger charge is 2.26. The van der Waals surface area contributed by atoms with Crippen LogP contribution in [0.5, 0.6) is 5.75 Å². The number of anilines is 1. The third-order valence-corrected chi connectivity index (χ3v) is 4.36. The summed E-state index contributed by atoms with van der Waals surface area (Å²) >= 11 is 1.46. The summed E-state index contributed by atoms with van der Waals surface area (Å²) in [5.41, 5.74) is 7.87. The largest absolute Gasteiger partial charge is 0.493 e. The highest BCUT2D eigenvalue weighted by atomic mass is 32.1. The first-order valence-electron chi connectivity index (χ1n) is 6.69. The molecule has 0 spiro atoms. The van der Waals surface area contributed by atoms with Crippen LogP contribution in [0.1, 0.15) is 17.3 Å². The molecule has 1 aliphatic heterocycles. The van der Waals surface area contributed by atoms with Crippen LogP contribution >= 0.6 is 11.3 Å². The Hall–Kier alpha value is -2.34. The number of hydrogen-bond donors (Lipinski definition) is 1. The van der Waals surface area contributed by atoms with E-state index in [0.717, 1.165) is 17.7 Å². The van der Waals surface area contributed by atoms with E-state index in [1.54, 1.807) is 0 Å². The Morgan fingerprint density at radius 2 is 2.14 bits per heavy atom. The molecule has 1 aromatic carbocycles. The van der Waals surface area contributed by atoms with E-state index in [9.17, 15) is 0 Å². The van der Waals surface area contributed by atoms with Gasteiger partial charge in [0.2, 0.25) is 0 Å². The van der Waals surface area contributed by atoms with Gasteiger partial charge in [-0.3, -0.25) is 0 Å². The SMILES string of the molecule is Nc1sccc1-c1nc(C2COc3ccccc3C2)no1. The highest BCUT2D eigenvalue weighted by Crippen LogP contribution is 2.33. The number of hydrogen-bond acceptors (Lipinski definition) is 6. The van der Waals surface area contributed by atoms with Crippen LogP contribution < -0.4 is 10.5 Å². The van der Waals surface area contributed by atoms with Gasteiger partial charge >= 0.3 is 0 Å². The number of nitrogens with zero attached hydrogens (tertiary/aromatic N) is 2. The lowest BCUT2D eigenvalue weighted by Crippen LogP contribution is -2.20. The molecule has 0 bridgehead atoms. The van der Waals surface area contributed by atoms with Crippen molar-refractivity contribution >= 4 is 16.3 Å². The van der Waals surface area contributed by atoms with Crippen LogP contribution in [0.2, 0.25) is 0 Å². The summed E-state index contributed by atoms with van der Waals surface area (Å²) in [5, 5.41) is 6.69. The first-order valence-corrected chi connectivity index (χ1v) is 7.57. The number of para-hydroxylation sites is 1. The van der Waals surface area contributed by atoms with Crippen molar-refractivity contribution in [3.05, 3.63) is 47.1 Å². The Bertz CT molecular complexity index is 781. The van der Waals surface area contributed by atoms with E-state index in [0.29, 0.717) is 23.3 Å². The fraction of sp³-hybridized carbons (Fsp3) is 0.200. The summed E-state index contributed by atoms with van der Waals surface area (Å²) in [5.74, 6) is 2.20. The topological polar surface area (TPSA) is 74.2 Å². The average molecular weight is 299 g/mol. The van der Waals surface area contributed by atoms with Crippen LogP contribution in [0, 0.1) is 0 Å². The van der Waals surface area contributed by atoms with Gasteiger partial charge in [0.15, 0.2) is 5.82 Å². The Morgan fingerprint density at radius 3 is 3.00 bits per heavy atom. The average Bonchev–Trinajstić information content (AvgIpc) is 3.15. The molecule has 1 atom stereocenters. The van der Waals surface area contributed by atoms with Gasteiger partial charge in [-0.05, 0) is 29.5 Å². The fourth-order valence-electron chi connectivity index (χ4n) is 2.50. The number of thiophene rings is 1. The van der Waals surface area contributed by atoms with Gasteiger partial charge in [0, 0.05) is 0 Å². The zero-order valence-electron chi connectivity index (χ0n) is 11.2. The van der Waals surface area contributed by atoms with Gasteiger partial charge in [-0.2, -0.15) is 4.98 Å². The fourth-order valence-corrected chi connectivity index (χ4v) is 3.13. The number of fused-ring (bicyclic) bond motifs is 1. The summed E-state index contributed by atoms with van der Waals surface area (Å²) in [7, 11) is 0. The van der Waals surface area contributed by atoms with Crippen molar-refractivity contribution in [2.24, 2.45) is 0 Å². The Morgan fingerprint density at radius 1 is 1.24 bits per heavy atom. The Balaban J connectivity index is 1.61. The maximum Gasteiger partial charge on any atom is 0.260 e. The maximum absolute atomic E-state index is 5.89. The first kappa shape index (κ1) is 12.4. The van der Waals surface area contributed by atoms with Crippen molar-refractivity contribution in [1.29, 1.82) is 0 Å². The molecule has 1 unspecified atom stereocenters. The molecule has 0 aliphatic carbocycles. The Labute approximate surface area is 125 Å². The molecule has 0 amide bonds. The minimum absolute atomic E-state index is 0.109. The lowest BCUT2D eigenvalue weighted by atomic mass is 9.96. The molecule has 2 N–H and O–H groups in total. The van der Waals surface area contributed by atoms with Gasteiger partial charge in [-0.25, -0.2) is 0 Å². The third-order valence-electron chi connectivity index (χ3n) is 3.61. The summed E-state index contributed by atoms with van der Waals surface area (Å²) in [6, 6.07) is 9.94. The second kappa shape index (κ2) is 4.89. The quantitative estimate of drug-likeness (QED) is 0.787. The molecule has 0 fully saturated rings. The molecule has 1 aliphatic rings. The molecule has 21 heavy (non-hydrogen) atoms. The number of rotatable bonds is 2. The van der Waals surface area contributed by atoms with E-state index in [-0.39, 0.29) is 5.92 Å². The Kier molecular flexibility index (Phi) is 2.89. The van der Waals surface area contributed by atoms with Crippen molar-refractivity contribution in [3.63, 3.8) is 0 Å². The van der Waals surface area contributed by atoms with E-state index in [4.69, 9.17) is 15.0 Å². The normalized spacial score (nSPS) is 17.2. The summed E-state index contributed by atoms with van der Waals surface area (Å²) in [6.07, 6.45) is 0.855. The van der Waals surface area contributed by atoms with Gasteiger partial charge in [0.25, 0.3) is 5.89 Å². The molecule has 6 heteroatoms. The molecular formula is C15H13N3O2S. The molecule has 3 aromatic rings. The molecule has 3 heterocycles. The number of nitrogens with two attached hydrogens (primary N) is 1. The minimum Gasteiger partial charge on any atom is -0.493 e. The van der Waals surface area contributed by atoms with Gasteiger partial charge in [0.05, 0.1) is 23.1 Å². The van der Waals surface area contributed by atoms with Gasteiger partial charge in [-0.1, -0.05) is 23.4 Å². The predicted octanol–water partition coefficient (Wildman–Crippen LogP) is 3.10. The predicted molar refractivity (Wildman–Crippen MR) is 80.4 cm³/mol. The van der Waals surface area contributed by atoms with Crippen molar-refractivity contribution in [3.8, 4) is 17.2 Å². The maximum atomic E-state index is 5.89. The van der Waals surface area contributed by atoms with Crippen LogP contribution in [-0.2, 0) is 6.42 Å². The van der Waals surface area contributed by atoms with Crippen LogP contribution in [0.25, 0.3) is 11.5 Å². The van der Waals surface area contributed by atoms with Crippen molar-refractivity contribution in [2.75, 3.05) is 12.3 Å². The monoisotopic (exact) mass is 299 g/mol. The van der Waals surface area contributed by atoms with Gasteiger partial charge in [-0.15, -0.1) is 11.3 Å². The molecule has 106 valence electrons. The number of nitrogen functional groups attached to an aromatic ring is 1. The van der Waals surface area contributed by atoms with E-state index in [1.807, 2.05) is 29.6 Å².